The van der Waals surface area contributed by atoms with Crippen molar-refractivity contribution in [1.29, 1.82) is 0 Å². The average molecular weight is 1510 g/mol. The molecule has 8 heteroatoms. The Labute approximate surface area is 684 Å². The number of anilines is 3. The van der Waals surface area contributed by atoms with E-state index in [1.54, 1.807) is 0 Å². The van der Waals surface area contributed by atoms with Crippen molar-refractivity contribution >= 4 is 149 Å². The molecule has 7 heterocycles. The molecule has 17 aromatic carbocycles. The highest BCUT2D eigenvalue weighted by Gasteiger charge is 2.44. The molecule has 24 rings (SSSR count). The van der Waals surface area contributed by atoms with Crippen LogP contribution in [0.1, 0.15) is 52.7 Å². The maximum absolute atomic E-state index is 8.05. The molecule has 0 bridgehead atoms. The van der Waals surface area contributed by atoms with Crippen LogP contribution < -0.4 is 26.0 Å². The van der Waals surface area contributed by atoms with Crippen molar-refractivity contribution in [1.82, 2.24) is 22.8 Å². The third-order valence-corrected chi connectivity index (χ3v) is 25.6. The summed E-state index contributed by atoms with van der Waals surface area (Å²) in [6.07, 6.45) is 0. The van der Waals surface area contributed by atoms with E-state index in [-0.39, 0.29) is 17.5 Å². The van der Waals surface area contributed by atoms with Crippen LogP contribution in [0.15, 0.2) is 370 Å². The number of aromatic nitrogens is 5. The molecule has 118 heavy (non-hydrogen) atoms. The minimum atomic E-state index is -0.302. The number of rotatable bonds is 9. The first-order valence-corrected chi connectivity index (χ1v) is 41.3. The van der Waals surface area contributed by atoms with Crippen LogP contribution in [-0.4, -0.2) is 29.5 Å². The first-order valence-electron chi connectivity index (χ1n) is 41.3. The summed E-state index contributed by atoms with van der Waals surface area (Å²) in [7, 11) is 0. The predicted octanol–water partition coefficient (Wildman–Crippen LogP) is 27.2. The fourth-order valence-corrected chi connectivity index (χ4v) is 20.3. The molecule has 0 saturated carbocycles. The van der Waals surface area contributed by atoms with E-state index >= 15 is 0 Å². The van der Waals surface area contributed by atoms with Crippen molar-refractivity contribution in [3.63, 3.8) is 0 Å². The average Bonchev–Trinajstić information content (AvgIpc) is 0.798. The fourth-order valence-electron chi connectivity index (χ4n) is 20.3. The number of hydrogen-bond donors (Lipinski definition) is 0. The minimum Gasteiger partial charge on any atom is -0.458 e. The molecular formula is C110H79BN6O. The van der Waals surface area contributed by atoms with Crippen LogP contribution in [0.3, 0.4) is 0 Å². The standard InChI is InChI=1S/C110H79BN6O/c1-109(2,3)71-56-60-98-85(64-71)86-65-72(110(4,5)6)57-61-99(86)112(98)73-66-103-106-105(67-73)118-104-63-70(76-42-29-53-101(114-92-46-22-13-35-79(92)80-36-14-23-47-93(80)114)108(76)117-96-50-26-17-39-83(96)84-40-18-27-51-97(84)117)55-59-88(104)111(106)87-58-54-69(62-102(87)115(103)89-43-19-10-32-74(89)68-30-8-7-9-31-68)75-41-28-52-100(113-90-44-20-11-33-77(90)78-34-12-21-45-91(78)113)107(75)116-94-48-24-15-37-81(94)82-38-16-25-49-95(82)116/h7-67H,1-6H3. The number of fused-ring (bicyclic) bond motifs is 19. The summed E-state index contributed by atoms with van der Waals surface area (Å²) < 4.78 is 20.6. The van der Waals surface area contributed by atoms with Crippen LogP contribution >= 0.6 is 0 Å². The SMILES string of the molecule is CC(C)(C)c1ccc2c(c1)c1cc(C(C)(C)C)ccc1n2-c1cc2c3c(c1)N(c1ccccc1-c1ccccc1)c1cc(-c4cccc(-n5c6ccccc6c6ccccc65)c4-n4c5ccccc5c5ccccc54)ccc1B3c1ccc(-c3cccc(-n4c5ccccc5c5ccccc54)c3-n3c4ccccc4c4ccccc43)cc1O2. The van der Waals surface area contributed by atoms with E-state index in [4.69, 9.17) is 4.74 Å². The number of nitrogens with zero attached hydrogens (tertiary/aromatic N) is 6. The lowest BCUT2D eigenvalue weighted by molar-refractivity contribution is 0.487. The van der Waals surface area contributed by atoms with E-state index in [1.807, 2.05) is 0 Å². The van der Waals surface area contributed by atoms with E-state index in [0.717, 1.165) is 156 Å². The summed E-state index contributed by atoms with van der Waals surface area (Å²) in [5, 5.41) is 12.1. The molecular weight excluding hydrogens is 1430 g/mol. The van der Waals surface area contributed by atoms with Crippen molar-refractivity contribution in [3.8, 4) is 73.3 Å². The Balaban J connectivity index is 0.807. The summed E-state index contributed by atoms with van der Waals surface area (Å²) in [6.45, 7) is 13.6. The molecule has 22 aromatic rings. The van der Waals surface area contributed by atoms with Crippen molar-refractivity contribution in [2.75, 3.05) is 4.90 Å². The van der Waals surface area contributed by atoms with Gasteiger partial charge in [0.25, 0.3) is 6.71 Å². The van der Waals surface area contributed by atoms with Crippen molar-refractivity contribution < 1.29 is 4.74 Å². The van der Waals surface area contributed by atoms with Gasteiger partial charge in [0.15, 0.2) is 0 Å². The highest BCUT2D eigenvalue weighted by Crippen LogP contribution is 2.52. The van der Waals surface area contributed by atoms with Crippen molar-refractivity contribution in [2.24, 2.45) is 0 Å². The molecule has 0 amide bonds. The lowest BCUT2D eigenvalue weighted by Gasteiger charge is -2.41. The minimum absolute atomic E-state index is 0.0959. The maximum atomic E-state index is 8.05. The quantitative estimate of drug-likeness (QED) is 0.135. The third kappa shape index (κ3) is 9.96. The highest BCUT2D eigenvalue weighted by atomic mass is 16.5. The van der Waals surface area contributed by atoms with Crippen LogP contribution in [0.25, 0.3) is 171 Å². The molecule has 0 N–H and O–H groups in total. The molecule has 0 atom stereocenters. The molecule has 2 aliphatic rings. The Hall–Kier alpha value is -14.6. The molecule has 0 radical (unpaired) electrons. The zero-order valence-electron chi connectivity index (χ0n) is 66.4. The largest absolute Gasteiger partial charge is 0.458 e. The zero-order chi connectivity index (χ0) is 78.6. The topological polar surface area (TPSA) is 37.1 Å². The second-order valence-corrected chi connectivity index (χ2v) is 34.3. The van der Waals surface area contributed by atoms with Gasteiger partial charge in [-0.2, -0.15) is 0 Å². The number of ether oxygens (including phenoxy) is 1. The van der Waals surface area contributed by atoms with Gasteiger partial charge in [-0.25, -0.2) is 0 Å². The van der Waals surface area contributed by atoms with Gasteiger partial charge in [0.2, 0.25) is 0 Å². The second kappa shape index (κ2) is 25.5. The van der Waals surface area contributed by atoms with Crippen molar-refractivity contribution in [3.05, 3.63) is 381 Å². The van der Waals surface area contributed by atoms with Gasteiger partial charge < -0.3 is 32.5 Å². The Morgan fingerprint density at radius 3 is 1.03 bits per heavy atom. The van der Waals surface area contributed by atoms with E-state index in [0.29, 0.717) is 0 Å². The number of hydrogen-bond acceptors (Lipinski definition) is 2. The van der Waals surface area contributed by atoms with Gasteiger partial charge in [0.1, 0.15) is 11.5 Å². The first kappa shape index (κ1) is 67.9. The molecule has 558 valence electrons. The summed E-state index contributed by atoms with van der Waals surface area (Å²) in [4.78, 5) is 2.60. The Kier molecular flexibility index (Phi) is 14.6. The zero-order valence-corrected chi connectivity index (χ0v) is 66.4. The van der Waals surface area contributed by atoms with Gasteiger partial charge >= 0.3 is 0 Å². The number of para-hydroxylation sites is 11. The smallest absolute Gasteiger partial charge is 0.256 e. The Bertz CT molecular complexity index is 7740. The summed E-state index contributed by atoms with van der Waals surface area (Å²) in [6, 6.07) is 139. The molecule has 5 aromatic heterocycles. The first-order chi connectivity index (χ1) is 57.9. The molecule has 7 nitrogen and oxygen atoms in total. The molecule has 0 fully saturated rings. The van der Waals surface area contributed by atoms with Crippen LogP contribution in [0.2, 0.25) is 0 Å². The summed E-state index contributed by atoms with van der Waals surface area (Å²) in [5.41, 5.74) is 32.2. The summed E-state index contributed by atoms with van der Waals surface area (Å²) in [5.74, 6) is 1.61. The normalized spacial score (nSPS) is 12.9. The predicted molar refractivity (Wildman–Crippen MR) is 498 cm³/mol. The number of benzene rings is 17. The van der Waals surface area contributed by atoms with E-state index < -0.39 is 0 Å². The Morgan fingerprint density at radius 1 is 0.229 bits per heavy atom. The highest BCUT2D eigenvalue weighted by molar-refractivity contribution is 6.99. The van der Waals surface area contributed by atoms with Crippen LogP contribution in [0.5, 0.6) is 11.5 Å². The van der Waals surface area contributed by atoms with E-state index in [2.05, 4.69) is 439 Å². The van der Waals surface area contributed by atoms with Crippen molar-refractivity contribution in [2.45, 2.75) is 52.4 Å². The third-order valence-electron chi connectivity index (χ3n) is 25.6. The van der Waals surface area contributed by atoms with Gasteiger partial charge in [-0.1, -0.05) is 296 Å². The summed E-state index contributed by atoms with van der Waals surface area (Å²) >= 11 is 0. The maximum Gasteiger partial charge on any atom is 0.256 e. The molecule has 2 aliphatic heterocycles. The van der Waals surface area contributed by atoms with Crippen LogP contribution in [0.4, 0.5) is 17.1 Å². The van der Waals surface area contributed by atoms with Crippen LogP contribution in [0, 0.1) is 0 Å². The molecule has 0 spiro atoms. The van der Waals surface area contributed by atoms with E-state index in [9.17, 15) is 0 Å². The van der Waals surface area contributed by atoms with E-state index in [1.165, 1.54) is 70.5 Å². The second-order valence-electron chi connectivity index (χ2n) is 34.3. The molecule has 0 saturated heterocycles. The van der Waals surface area contributed by atoms with Gasteiger partial charge in [-0.3, -0.25) is 0 Å². The Morgan fingerprint density at radius 2 is 0.593 bits per heavy atom. The monoisotopic (exact) mass is 1510 g/mol. The van der Waals surface area contributed by atoms with Gasteiger partial charge in [-0.15, -0.1) is 0 Å². The van der Waals surface area contributed by atoms with Gasteiger partial charge in [0, 0.05) is 88.0 Å². The fraction of sp³-hybridized carbons (Fsp3) is 0.0727. The lowest BCUT2D eigenvalue weighted by Crippen LogP contribution is -2.59. The molecule has 0 aliphatic carbocycles. The van der Waals surface area contributed by atoms with Crippen LogP contribution in [-0.2, 0) is 10.8 Å². The van der Waals surface area contributed by atoms with Gasteiger partial charge in [0.05, 0.1) is 89.3 Å². The molecule has 0 unspecified atom stereocenters. The lowest BCUT2D eigenvalue weighted by atomic mass is 9.34. The van der Waals surface area contributed by atoms with Gasteiger partial charge in [-0.05, 0) is 164 Å².